The number of carbonyl (C=O) groups excluding carboxylic acids is 1. The van der Waals surface area contributed by atoms with Gasteiger partial charge in [0.25, 0.3) is 0 Å². The zero-order valence-corrected chi connectivity index (χ0v) is 16.3. The molecule has 0 aromatic heterocycles. The van der Waals surface area contributed by atoms with E-state index < -0.39 is 0 Å². The fourth-order valence-electron chi connectivity index (χ4n) is 3.20. The molecule has 2 atom stereocenters. The van der Waals surface area contributed by atoms with Crippen molar-refractivity contribution >= 4 is 5.91 Å². The Morgan fingerprint density at radius 3 is 2.44 bits per heavy atom. The summed E-state index contributed by atoms with van der Waals surface area (Å²) in [7, 11) is 1.97. The van der Waals surface area contributed by atoms with E-state index in [1.54, 1.807) is 0 Å². The van der Waals surface area contributed by atoms with Crippen LogP contribution in [0.4, 0.5) is 0 Å². The number of amides is 1. The molecule has 2 unspecified atom stereocenters. The zero-order chi connectivity index (χ0) is 18.4. The number of hydrogen-bond donors (Lipinski definition) is 1. The molecule has 2 rings (SSSR count). The highest BCUT2D eigenvalue weighted by molar-refractivity contribution is 5.78. The molecule has 1 aliphatic heterocycles. The predicted molar refractivity (Wildman–Crippen MR) is 101 cm³/mol. The standard InChI is InChI=1S/C20H33N3O2/c1-15(2)22(5)14-20(24)21-10-18-8-6-7-9-19(18)13-23-11-16(3)25-17(4)12-23/h6-9,15-17H,10-14H2,1-5H3,(H,21,24). The van der Waals surface area contributed by atoms with Crippen molar-refractivity contribution in [2.75, 3.05) is 26.7 Å². The number of benzene rings is 1. The minimum Gasteiger partial charge on any atom is -0.373 e. The summed E-state index contributed by atoms with van der Waals surface area (Å²) in [6, 6.07) is 8.74. The van der Waals surface area contributed by atoms with Gasteiger partial charge in [-0.1, -0.05) is 24.3 Å². The Labute approximate surface area is 152 Å². The van der Waals surface area contributed by atoms with E-state index in [2.05, 4.69) is 56.1 Å². The van der Waals surface area contributed by atoms with Crippen LogP contribution in [0.15, 0.2) is 24.3 Å². The van der Waals surface area contributed by atoms with Crippen LogP contribution in [0.2, 0.25) is 0 Å². The summed E-state index contributed by atoms with van der Waals surface area (Å²) in [4.78, 5) is 16.6. The fraction of sp³-hybridized carbons (Fsp3) is 0.650. The third-order valence-electron chi connectivity index (χ3n) is 4.76. The second-order valence-corrected chi connectivity index (χ2v) is 7.51. The summed E-state index contributed by atoms with van der Waals surface area (Å²) >= 11 is 0. The van der Waals surface area contributed by atoms with Crippen LogP contribution < -0.4 is 5.32 Å². The Morgan fingerprint density at radius 1 is 1.24 bits per heavy atom. The van der Waals surface area contributed by atoms with Crippen molar-refractivity contribution in [1.82, 2.24) is 15.1 Å². The van der Waals surface area contributed by atoms with E-state index in [1.165, 1.54) is 11.1 Å². The third-order valence-corrected chi connectivity index (χ3v) is 4.76. The molecule has 1 fully saturated rings. The van der Waals surface area contributed by atoms with Gasteiger partial charge < -0.3 is 10.1 Å². The van der Waals surface area contributed by atoms with Crippen molar-refractivity contribution in [2.24, 2.45) is 0 Å². The third kappa shape index (κ3) is 6.42. The monoisotopic (exact) mass is 347 g/mol. The first-order valence-electron chi connectivity index (χ1n) is 9.26. The van der Waals surface area contributed by atoms with E-state index in [1.807, 2.05) is 18.0 Å². The summed E-state index contributed by atoms with van der Waals surface area (Å²) in [6.45, 7) is 12.2. The van der Waals surface area contributed by atoms with Crippen molar-refractivity contribution in [3.8, 4) is 0 Å². The molecule has 0 bridgehead atoms. The molecular formula is C20H33N3O2. The summed E-state index contributed by atoms with van der Waals surface area (Å²) in [5.74, 6) is 0.0691. The summed E-state index contributed by atoms with van der Waals surface area (Å²) in [5.41, 5.74) is 2.47. The van der Waals surface area contributed by atoms with E-state index in [0.717, 1.165) is 19.6 Å². The molecule has 1 saturated heterocycles. The molecule has 0 radical (unpaired) electrons. The molecule has 0 aliphatic carbocycles. The number of nitrogens with one attached hydrogen (secondary N) is 1. The van der Waals surface area contributed by atoms with Crippen LogP contribution >= 0.6 is 0 Å². The number of morpholine rings is 1. The number of carbonyl (C=O) groups is 1. The highest BCUT2D eigenvalue weighted by Crippen LogP contribution is 2.17. The van der Waals surface area contributed by atoms with Crippen molar-refractivity contribution in [3.05, 3.63) is 35.4 Å². The Balaban J connectivity index is 1.92. The van der Waals surface area contributed by atoms with Gasteiger partial charge in [-0.05, 0) is 45.9 Å². The van der Waals surface area contributed by atoms with Crippen molar-refractivity contribution in [3.63, 3.8) is 0 Å². The average molecular weight is 348 g/mol. The van der Waals surface area contributed by atoms with Gasteiger partial charge in [0.15, 0.2) is 0 Å². The first-order chi connectivity index (χ1) is 11.8. The summed E-state index contributed by atoms with van der Waals surface area (Å²) < 4.78 is 5.82. The smallest absolute Gasteiger partial charge is 0.234 e. The van der Waals surface area contributed by atoms with Gasteiger partial charge in [0.05, 0.1) is 18.8 Å². The van der Waals surface area contributed by atoms with Gasteiger partial charge in [-0.15, -0.1) is 0 Å². The number of hydrogen-bond acceptors (Lipinski definition) is 4. The van der Waals surface area contributed by atoms with Gasteiger partial charge in [-0.25, -0.2) is 0 Å². The number of likely N-dealkylation sites (N-methyl/N-ethyl adjacent to an activating group) is 1. The van der Waals surface area contributed by atoms with Gasteiger partial charge in [0.2, 0.25) is 5.91 Å². The maximum atomic E-state index is 12.1. The molecule has 25 heavy (non-hydrogen) atoms. The van der Waals surface area contributed by atoms with Crippen molar-refractivity contribution in [2.45, 2.75) is 59.0 Å². The number of ether oxygens (including phenoxy) is 1. The van der Waals surface area contributed by atoms with E-state index >= 15 is 0 Å². The molecule has 1 aliphatic rings. The minimum absolute atomic E-state index is 0.0691. The molecular weight excluding hydrogens is 314 g/mol. The number of nitrogens with zero attached hydrogens (tertiary/aromatic N) is 2. The highest BCUT2D eigenvalue weighted by Gasteiger charge is 2.22. The molecule has 5 heteroatoms. The summed E-state index contributed by atoms with van der Waals surface area (Å²) in [5, 5.41) is 3.06. The lowest BCUT2D eigenvalue weighted by molar-refractivity contribution is -0.122. The largest absolute Gasteiger partial charge is 0.373 e. The first-order valence-corrected chi connectivity index (χ1v) is 9.26. The Morgan fingerprint density at radius 2 is 1.84 bits per heavy atom. The molecule has 140 valence electrons. The Hall–Kier alpha value is -1.43. The van der Waals surface area contributed by atoms with Crippen LogP contribution in [0.5, 0.6) is 0 Å². The van der Waals surface area contributed by atoms with E-state index in [-0.39, 0.29) is 18.1 Å². The highest BCUT2D eigenvalue weighted by atomic mass is 16.5. The quantitative estimate of drug-likeness (QED) is 0.822. The molecule has 0 spiro atoms. The molecule has 0 saturated carbocycles. The van der Waals surface area contributed by atoms with E-state index in [4.69, 9.17) is 4.74 Å². The minimum atomic E-state index is 0.0691. The Kier molecular flexibility index (Phi) is 7.41. The molecule has 1 aromatic carbocycles. The lowest BCUT2D eigenvalue weighted by Crippen LogP contribution is -2.45. The predicted octanol–water partition coefficient (Wildman–Crippen LogP) is 2.25. The second kappa shape index (κ2) is 9.32. The van der Waals surface area contributed by atoms with Gasteiger partial charge in [-0.2, -0.15) is 0 Å². The normalized spacial score (nSPS) is 21.7. The van der Waals surface area contributed by atoms with Crippen LogP contribution in [0, 0.1) is 0 Å². The maximum Gasteiger partial charge on any atom is 0.234 e. The zero-order valence-electron chi connectivity index (χ0n) is 16.3. The van der Waals surface area contributed by atoms with Crippen LogP contribution in [-0.4, -0.2) is 60.6 Å². The van der Waals surface area contributed by atoms with Crippen molar-refractivity contribution in [1.29, 1.82) is 0 Å². The lowest BCUT2D eigenvalue weighted by atomic mass is 10.1. The molecule has 5 nitrogen and oxygen atoms in total. The van der Waals surface area contributed by atoms with Crippen LogP contribution in [0.1, 0.15) is 38.8 Å². The van der Waals surface area contributed by atoms with Gasteiger partial charge in [-0.3, -0.25) is 14.6 Å². The lowest BCUT2D eigenvalue weighted by Gasteiger charge is -2.35. The SMILES string of the molecule is CC1CN(Cc2ccccc2CNC(=O)CN(C)C(C)C)CC(C)O1. The number of rotatable bonds is 7. The average Bonchev–Trinajstić information content (AvgIpc) is 2.53. The van der Waals surface area contributed by atoms with Crippen LogP contribution in [0.3, 0.4) is 0 Å². The van der Waals surface area contributed by atoms with E-state index in [0.29, 0.717) is 19.1 Å². The van der Waals surface area contributed by atoms with Crippen molar-refractivity contribution < 1.29 is 9.53 Å². The van der Waals surface area contributed by atoms with Crippen LogP contribution in [0.25, 0.3) is 0 Å². The topological polar surface area (TPSA) is 44.8 Å². The Bertz CT molecular complexity index is 552. The first kappa shape index (κ1) is 19.9. The van der Waals surface area contributed by atoms with Gasteiger partial charge in [0, 0.05) is 32.2 Å². The van der Waals surface area contributed by atoms with Crippen LogP contribution in [-0.2, 0) is 22.6 Å². The van der Waals surface area contributed by atoms with E-state index in [9.17, 15) is 4.79 Å². The fourth-order valence-corrected chi connectivity index (χ4v) is 3.20. The second-order valence-electron chi connectivity index (χ2n) is 7.51. The molecule has 1 aromatic rings. The molecule has 1 heterocycles. The van der Waals surface area contributed by atoms with Gasteiger partial charge >= 0.3 is 0 Å². The van der Waals surface area contributed by atoms with Gasteiger partial charge in [0.1, 0.15) is 0 Å². The maximum absolute atomic E-state index is 12.1. The molecule has 1 amide bonds. The summed E-state index contributed by atoms with van der Waals surface area (Å²) in [6.07, 6.45) is 0.532. The molecule has 1 N–H and O–H groups in total.